The van der Waals surface area contributed by atoms with E-state index in [1.807, 2.05) is 24.3 Å². The molecule has 7 heteroatoms. The molecule has 0 saturated heterocycles. The maximum atomic E-state index is 11.8. The Morgan fingerprint density at radius 1 is 0.459 bits per heavy atom. The van der Waals surface area contributed by atoms with Gasteiger partial charge in [0.1, 0.15) is 0 Å². The third-order valence-corrected chi connectivity index (χ3v) is 4.76. The first-order valence-electron chi connectivity index (χ1n) is 11.0. The van der Waals surface area contributed by atoms with E-state index in [1.54, 1.807) is 97.1 Å². The number of benzene rings is 4. The summed E-state index contributed by atoms with van der Waals surface area (Å²) in [5.41, 5.74) is 2.10. The van der Waals surface area contributed by atoms with Crippen molar-refractivity contribution < 1.29 is 52.1 Å². The summed E-state index contributed by atoms with van der Waals surface area (Å²) in [6, 6.07) is 35.0. The van der Waals surface area contributed by atoms with Crippen LogP contribution in [0.1, 0.15) is 31.8 Å². The average molecular weight is 717 g/mol. The molecule has 0 spiro atoms. The number of hydrogen-bond acceptors (Lipinski definition) is 6. The molecular formula is C30H22O6U. The maximum absolute atomic E-state index is 11.8. The van der Waals surface area contributed by atoms with E-state index in [2.05, 4.69) is 0 Å². The molecule has 0 heterocycles. The van der Waals surface area contributed by atoms with Gasteiger partial charge in [0, 0.05) is 11.1 Å². The molecule has 0 fully saturated rings. The van der Waals surface area contributed by atoms with Crippen LogP contribution in [-0.4, -0.2) is 11.6 Å². The van der Waals surface area contributed by atoms with Crippen LogP contribution in [0, 0.1) is 27.8 Å². The first kappa shape index (κ1) is 29.2. The molecule has 6 nitrogen and oxygen atoms in total. The molecular weight excluding hydrogens is 694 g/mol. The van der Waals surface area contributed by atoms with Crippen LogP contribution in [0.2, 0.25) is 0 Å². The van der Waals surface area contributed by atoms with Crippen LogP contribution in [0.5, 0.6) is 0 Å². The molecule has 0 unspecified atom stereocenters. The zero-order valence-corrected chi connectivity index (χ0v) is 23.8. The minimum atomic E-state index is -2.51. The second kappa shape index (κ2) is 16.6. The zero-order valence-electron chi connectivity index (χ0n) is 19.7. The topological polar surface area (TPSA) is 114 Å². The Morgan fingerprint density at radius 3 is 0.919 bits per heavy atom. The van der Waals surface area contributed by atoms with E-state index in [4.69, 9.17) is 4.47 Å². The van der Waals surface area contributed by atoms with Crippen molar-refractivity contribution in [2.24, 2.45) is 0 Å². The van der Waals surface area contributed by atoms with Crippen LogP contribution < -0.4 is 10.2 Å². The van der Waals surface area contributed by atoms with Crippen molar-refractivity contribution in [3.63, 3.8) is 0 Å². The molecule has 4 aromatic carbocycles. The number of hydrogen-bond donors (Lipinski definition) is 0. The average Bonchev–Trinajstić information content (AvgIpc) is 2.95. The van der Waals surface area contributed by atoms with Gasteiger partial charge in [-0.1, -0.05) is 133 Å². The molecule has 0 aliphatic heterocycles. The molecule has 0 aromatic heterocycles. The number of carbonyl (C=O) groups is 2. The molecule has 4 aromatic rings. The Bertz CT molecular complexity index is 1260. The van der Waals surface area contributed by atoms with Crippen LogP contribution in [0.3, 0.4) is 0 Å². The quantitative estimate of drug-likeness (QED) is 0.167. The summed E-state index contributed by atoms with van der Waals surface area (Å²) < 4.78 is 17.2. The molecule has 0 radical (unpaired) electrons. The standard InChI is InChI=1S/2C15H12O2.2O.U/c2*16-14(12-7-3-1-4-8-12)11-15(17)13-9-5-2-6-10-13;;;/h2*1-11,16H;;;/q;;;;+2/p-2. The van der Waals surface area contributed by atoms with Crippen molar-refractivity contribution in [2.45, 2.75) is 0 Å². The zero-order chi connectivity index (χ0) is 26.9. The Kier molecular flexibility index (Phi) is 13.1. The van der Waals surface area contributed by atoms with Gasteiger partial charge in [-0.3, -0.25) is 9.59 Å². The van der Waals surface area contributed by atoms with Gasteiger partial charge in [-0.05, 0) is 23.3 Å². The number of rotatable bonds is 6. The molecule has 182 valence electrons. The summed E-state index contributed by atoms with van der Waals surface area (Å²) >= 11 is -2.51. The number of carbonyl (C=O) groups excluding carboxylic acids is 2. The van der Waals surface area contributed by atoms with Gasteiger partial charge in [-0.2, -0.15) is 0 Å². The number of allylic oxidation sites excluding steroid dienone is 2. The summed E-state index contributed by atoms with van der Waals surface area (Å²) in [6.07, 6.45) is 2.26. The molecule has 0 N–H and O–H groups in total. The van der Waals surface area contributed by atoms with Gasteiger partial charge in [-0.15, -0.1) is 0 Å². The first-order chi connectivity index (χ1) is 18.0. The summed E-state index contributed by atoms with van der Waals surface area (Å²) in [4.78, 5) is 23.5. The van der Waals surface area contributed by atoms with Crippen molar-refractivity contribution in [2.75, 3.05) is 0 Å². The minimum absolute atomic E-state index is 0.264. The fraction of sp³-hybridized carbons (Fsp3) is 0. The van der Waals surface area contributed by atoms with E-state index in [0.29, 0.717) is 22.3 Å². The van der Waals surface area contributed by atoms with E-state index in [0.717, 1.165) is 12.2 Å². The van der Waals surface area contributed by atoms with E-state index in [9.17, 15) is 19.8 Å². The van der Waals surface area contributed by atoms with Gasteiger partial charge in [-0.25, -0.2) is 0 Å². The van der Waals surface area contributed by atoms with Gasteiger partial charge in [0.25, 0.3) is 0 Å². The third kappa shape index (κ3) is 10.6. The van der Waals surface area contributed by atoms with Crippen LogP contribution in [0.25, 0.3) is 11.5 Å². The van der Waals surface area contributed by atoms with Crippen LogP contribution in [0.4, 0.5) is 0 Å². The van der Waals surface area contributed by atoms with E-state index in [1.165, 1.54) is 0 Å². The van der Waals surface area contributed by atoms with Gasteiger partial charge in [0.2, 0.25) is 0 Å². The molecule has 0 atom stereocenters. The fourth-order valence-electron chi connectivity index (χ4n) is 2.98. The normalized spacial score (nSPS) is 10.5. The number of ketones is 2. The van der Waals surface area contributed by atoms with Crippen molar-refractivity contribution >= 4 is 23.1 Å². The molecule has 0 aliphatic rings. The Labute approximate surface area is 229 Å². The van der Waals surface area contributed by atoms with Crippen LogP contribution in [-0.2, 0) is 4.47 Å². The fourth-order valence-corrected chi connectivity index (χ4v) is 2.98. The summed E-state index contributed by atoms with van der Waals surface area (Å²) in [5, 5.41) is 23.5. The van der Waals surface area contributed by atoms with Gasteiger partial charge in [0.15, 0.2) is 11.6 Å². The Hall–Kier alpha value is -4.05. The Balaban J connectivity index is 0.000000235. The van der Waals surface area contributed by atoms with Gasteiger partial charge in [0.05, 0.1) is 0 Å². The predicted octanol–water partition coefficient (Wildman–Crippen LogP) is 4.30. The summed E-state index contributed by atoms with van der Waals surface area (Å²) in [7, 11) is 0. The third-order valence-electron chi connectivity index (χ3n) is 4.76. The van der Waals surface area contributed by atoms with Crippen molar-refractivity contribution in [1.29, 1.82) is 0 Å². The molecule has 37 heavy (non-hydrogen) atoms. The Morgan fingerprint density at radius 2 is 0.676 bits per heavy atom. The second-order valence-electron chi connectivity index (χ2n) is 7.29. The van der Waals surface area contributed by atoms with E-state index in [-0.39, 0.29) is 23.1 Å². The summed E-state index contributed by atoms with van der Waals surface area (Å²) in [6.45, 7) is 0. The van der Waals surface area contributed by atoms with E-state index >= 15 is 0 Å². The van der Waals surface area contributed by atoms with Crippen LogP contribution in [0.15, 0.2) is 133 Å². The second-order valence-corrected chi connectivity index (χ2v) is 7.99. The molecule has 0 bridgehead atoms. The molecule has 0 saturated carbocycles. The predicted molar refractivity (Wildman–Crippen MR) is 132 cm³/mol. The van der Waals surface area contributed by atoms with Crippen LogP contribution >= 0.6 is 0 Å². The van der Waals surface area contributed by atoms with Crippen molar-refractivity contribution in [3.8, 4) is 0 Å². The SMILES string of the molecule is O=C(C=C([O-])c1ccccc1)c1ccccc1.O=C(C=C([O-])c1ccccc1)c1ccccc1.[O]=[U+2]=[O]. The van der Waals surface area contributed by atoms with Gasteiger partial charge < -0.3 is 10.2 Å². The first-order valence-corrected chi connectivity index (χ1v) is 14.4. The van der Waals surface area contributed by atoms with Crippen molar-refractivity contribution in [3.05, 3.63) is 156 Å². The molecule has 4 rings (SSSR count). The van der Waals surface area contributed by atoms with Crippen molar-refractivity contribution in [1.82, 2.24) is 0 Å². The summed E-state index contributed by atoms with van der Waals surface area (Å²) in [5.74, 6) is -1.06. The molecule has 0 amide bonds. The van der Waals surface area contributed by atoms with E-state index < -0.39 is 27.8 Å². The van der Waals surface area contributed by atoms with Gasteiger partial charge >= 0.3 is 32.3 Å². The monoisotopic (exact) mass is 716 g/mol. The molecule has 0 aliphatic carbocycles.